The predicted molar refractivity (Wildman–Crippen MR) is 61.9 cm³/mol. The van der Waals surface area contributed by atoms with Crippen LogP contribution in [0.5, 0.6) is 0 Å². The van der Waals surface area contributed by atoms with Gasteiger partial charge in [0.15, 0.2) is 0 Å². The van der Waals surface area contributed by atoms with Crippen LogP contribution in [0, 0.1) is 0 Å². The van der Waals surface area contributed by atoms with Gasteiger partial charge in [-0.1, -0.05) is 42.5 Å². The Morgan fingerprint density at radius 1 is 1.00 bits per heavy atom. The highest BCUT2D eigenvalue weighted by Gasteiger charge is 2.44. The molecular weight excluding hydrogens is 184 g/mol. The lowest BCUT2D eigenvalue weighted by Crippen LogP contribution is -2.12. The van der Waals surface area contributed by atoms with E-state index in [1.807, 2.05) is 0 Å². The zero-order valence-electron chi connectivity index (χ0n) is 8.61. The van der Waals surface area contributed by atoms with Gasteiger partial charge >= 0.3 is 0 Å². The summed E-state index contributed by atoms with van der Waals surface area (Å²) < 4.78 is 0. The van der Waals surface area contributed by atoms with Gasteiger partial charge in [-0.2, -0.15) is 0 Å². The third kappa shape index (κ3) is 1.27. The summed E-state index contributed by atoms with van der Waals surface area (Å²) in [4.78, 5) is 0. The Balaban J connectivity index is 2.27. The average molecular weight is 198 g/mol. The lowest BCUT2D eigenvalue weighted by Gasteiger charge is -2.14. The van der Waals surface area contributed by atoms with E-state index in [1.165, 1.54) is 16.3 Å². The number of hydrogen-bond donors (Lipinski definition) is 1. The fourth-order valence-corrected chi connectivity index (χ4v) is 2.35. The summed E-state index contributed by atoms with van der Waals surface area (Å²) in [5, 5.41) is 12.0. The van der Waals surface area contributed by atoms with E-state index < -0.39 is 0 Å². The van der Waals surface area contributed by atoms with E-state index in [-0.39, 0.29) is 12.0 Å². The highest BCUT2D eigenvalue weighted by atomic mass is 16.3. The zero-order valence-corrected chi connectivity index (χ0v) is 8.61. The topological polar surface area (TPSA) is 20.2 Å². The summed E-state index contributed by atoms with van der Waals surface area (Å²) in [7, 11) is 0. The molecule has 0 heterocycles. The fourth-order valence-electron chi connectivity index (χ4n) is 2.35. The summed E-state index contributed by atoms with van der Waals surface area (Å²) in [6.45, 7) is 0.279. The van der Waals surface area contributed by atoms with Gasteiger partial charge in [0.1, 0.15) is 0 Å². The second-order valence-corrected chi connectivity index (χ2v) is 4.47. The smallest absolute Gasteiger partial charge is 0.0528 e. The minimum absolute atomic E-state index is 0.0703. The third-order valence-corrected chi connectivity index (χ3v) is 3.52. The molecule has 0 bridgehead atoms. The van der Waals surface area contributed by atoms with Crippen LogP contribution in [0.4, 0.5) is 0 Å². The SMILES string of the molecule is OCC1(c2cccc3ccccc23)CC1. The Kier molecular flexibility index (Phi) is 1.83. The van der Waals surface area contributed by atoms with Crippen molar-refractivity contribution in [1.29, 1.82) is 0 Å². The molecule has 0 spiro atoms. The number of rotatable bonds is 2. The summed E-state index contributed by atoms with van der Waals surface area (Å²) in [6.07, 6.45) is 2.25. The van der Waals surface area contributed by atoms with Crippen molar-refractivity contribution in [3.8, 4) is 0 Å². The molecule has 1 aliphatic rings. The summed E-state index contributed by atoms with van der Waals surface area (Å²) in [6, 6.07) is 14.8. The Morgan fingerprint density at radius 2 is 1.73 bits per heavy atom. The van der Waals surface area contributed by atoms with E-state index in [0.29, 0.717) is 0 Å². The lowest BCUT2D eigenvalue weighted by atomic mass is 9.91. The van der Waals surface area contributed by atoms with Crippen LogP contribution in [0.25, 0.3) is 10.8 Å². The largest absolute Gasteiger partial charge is 0.395 e. The molecule has 0 amide bonds. The summed E-state index contributed by atoms with van der Waals surface area (Å²) in [5.41, 5.74) is 1.39. The van der Waals surface area contributed by atoms with Crippen molar-refractivity contribution in [2.75, 3.05) is 6.61 Å². The molecule has 2 aromatic rings. The number of aliphatic hydroxyl groups is 1. The Labute approximate surface area is 89.4 Å². The van der Waals surface area contributed by atoms with Crippen molar-refractivity contribution in [2.24, 2.45) is 0 Å². The molecule has 1 fully saturated rings. The van der Waals surface area contributed by atoms with E-state index in [4.69, 9.17) is 0 Å². The van der Waals surface area contributed by atoms with Gasteiger partial charge < -0.3 is 5.11 Å². The third-order valence-electron chi connectivity index (χ3n) is 3.52. The second kappa shape index (κ2) is 3.07. The lowest BCUT2D eigenvalue weighted by molar-refractivity contribution is 0.256. The molecule has 0 aromatic heterocycles. The van der Waals surface area contributed by atoms with Gasteiger partial charge in [0, 0.05) is 5.41 Å². The first-order valence-corrected chi connectivity index (χ1v) is 5.45. The van der Waals surface area contributed by atoms with Gasteiger partial charge in [0.25, 0.3) is 0 Å². The average Bonchev–Trinajstić information content (AvgIpc) is 3.09. The van der Waals surface area contributed by atoms with Crippen molar-refractivity contribution in [3.63, 3.8) is 0 Å². The van der Waals surface area contributed by atoms with Gasteiger partial charge in [-0.3, -0.25) is 0 Å². The highest BCUT2D eigenvalue weighted by Crippen LogP contribution is 2.49. The number of hydrogen-bond acceptors (Lipinski definition) is 1. The molecule has 0 radical (unpaired) electrons. The van der Waals surface area contributed by atoms with E-state index >= 15 is 0 Å². The number of benzene rings is 2. The molecule has 76 valence electrons. The van der Waals surface area contributed by atoms with Crippen LogP contribution in [0.2, 0.25) is 0 Å². The van der Waals surface area contributed by atoms with Gasteiger partial charge in [-0.15, -0.1) is 0 Å². The van der Waals surface area contributed by atoms with E-state index in [0.717, 1.165) is 12.8 Å². The van der Waals surface area contributed by atoms with Crippen molar-refractivity contribution < 1.29 is 5.11 Å². The van der Waals surface area contributed by atoms with Crippen LogP contribution in [0.3, 0.4) is 0 Å². The molecular formula is C14H14O. The van der Waals surface area contributed by atoms with E-state index in [2.05, 4.69) is 42.5 Å². The predicted octanol–water partition coefficient (Wildman–Crippen LogP) is 2.86. The maximum Gasteiger partial charge on any atom is 0.0528 e. The molecule has 1 N–H and O–H groups in total. The first-order chi connectivity index (χ1) is 7.36. The normalized spacial score (nSPS) is 17.9. The monoisotopic (exact) mass is 198 g/mol. The molecule has 1 saturated carbocycles. The van der Waals surface area contributed by atoms with Crippen molar-refractivity contribution in [3.05, 3.63) is 48.0 Å². The van der Waals surface area contributed by atoms with Crippen molar-refractivity contribution >= 4 is 10.8 Å². The number of aliphatic hydroxyl groups excluding tert-OH is 1. The highest BCUT2D eigenvalue weighted by molar-refractivity contribution is 5.87. The molecule has 1 heteroatoms. The van der Waals surface area contributed by atoms with Crippen LogP contribution < -0.4 is 0 Å². The molecule has 0 aliphatic heterocycles. The van der Waals surface area contributed by atoms with Crippen LogP contribution in [0.1, 0.15) is 18.4 Å². The maximum atomic E-state index is 9.47. The van der Waals surface area contributed by atoms with Gasteiger partial charge in [-0.05, 0) is 29.2 Å². The van der Waals surface area contributed by atoms with Crippen LogP contribution >= 0.6 is 0 Å². The molecule has 3 rings (SSSR count). The second-order valence-electron chi connectivity index (χ2n) is 4.47. The van der Waals surface area contributed by atoms with E-state index in [1.54, 1.807) is 0 Å². The van der Waals surface area contributed by atoms with E-state index in [9.17, 15) is 5.11 Å². The van der Waals surface area contributed by atoms with Gasteiger partial charge in [-0.25, -0.2) is 0 Å². The molecule has 2 aromatic carbocycles. The van der Waals surface area contributed by atoms with Crippen LogP contribution in [-0.2, 0) is 5.41 Å². The molecule has 0 unspecified atom stereocenters. The quantitative estimate of drug-likeness (QED) is 0.786. The van der Waals surface area contributed by atoms with Crippen molar-refractivity contribution in [1.82, 2.24) is 0 Å². The standard InChI is InChI=1S/C14H14O/c15-10-14(8-9-14)13-7-3-5-11-4-1-2-6-12(11)13/h1-7,15H,8-10H2. The van der Waals surface area contributed by atoms with Gasteiger partial charge in [0.2, 0.25) is 0 Å². The number of fused-ring (bicyclic) bond motifs is 1. The minimum atomic E-state index is 0.0703. The van der Waals surface area contributed by atoms with Gasteiger partial charge in [0.05, 0.1) is 6.61 Å². The molecule has 1 aliphatic carbocycles. The Hall–Kier alpha value is -1.34. The molecule has 1 nitrogen and oxygen atoms in total. The summed E-state index contributed by atoms with van der Waals surface area (Å²) >= 11 is 0. The summed E-state index contributed by atoms with van der Waals surface area (Å²) in [5.74, 6) is 0. The molecule has 0 saturated heterocycles. The first-order valence-electron chi connectivity index (χ1n) is 5.45. The first kappa shape index (κ1) is 8.93. The van der Waals surface area contributed by atoms with Crippen LogP contribution in [-0.4, -0.2) is 11.7 Å². The zero-order chi connectivity index (χ0) is 10.3. The van der Waals surface area contributed by atoms with Crippen LogP contribution in [0.15, 0.2) is 42.5 Å². The van der Waals surface area contributed by atoms with Crippen molar-refractivity contribution in [2.45, 2.75) is 18.3 Å². The Bertz CT molecular complexity index is 492. The molecule has 15 heavy (non-hydrogen) atoms. The minimum Gasteiger partial charge on any atom is -0.395 e. The maximum absolute atomic E-state index is 9.47. The Morgan fingerprint density at radius 3 is 2.47 bits per heavy atom. The molecule has 0 atom stereocenters. The fraction of sp³-hybridized carbons (Fsp3) is 0.286.